The van der Waals surface area contributed by atoms with Crippen LogP contribution in [0.1, 0.15) is 37.7 Å². The van der Waals surface area contributed by atoms with E-state index in [1.54, 1.807) is 4.90 Å². The van der Waals surface area contributed by atoms with Gasteiger partial charge in [-0.2, -0.15) is 0 Å². The molecule has 1 amide bonds. The van der Waals surface area contributed by atoms with Crippen LogP contribution in [0.3, 0.4) is 0 Å². The fourth-order valence-electron chi connectivity index (χ4n) is 4.33. The van der Waals surface area contributed by atoms with Gasteiger partial charge in [0, 0.05) is 38.3 Å². The summed E-state index contributed by atoms with van der Waals surface area (Å²) < 4.78 is 0. The fourth-order valence-corrected chi connectivity index (χ4v) is 4.43. The Morgan fingerprint density at radius 1 is 1.04 bits per heavy atom. The molecule has 2 heterocycles. The summed E-state index contributed by atoms with van der Waals surface area (Å²) in [5.74, 6) is 1.43. The number of likely N-dealkylation sites (tertiary alicyclic amines) is 1. The van der Waals surface area contributed by atoms with Gasteiger partial charge in [-0.05, 0) is 61.6 Å². The molecule has 5 nitrogen and oxygen atoms in total. The van der Waals surface area contributed by atoms with E-state index in [1.807, 2.05) is 0 Å². The number of hydrogen-bond donors (Lipinski definition) is 2. The number of amides is 1. The first-order valence-corrected chi connectivity index (χ1v) is 10.0. The summed E-state index contributed by atoms with van der Waals surface area (Å²) in [5.41, 5.74) is 8.15. The summed E-state index contributed by atoms with van der Waals surface area (Å²) in [6.45, 7) is 3.59. The van der Waals surface area contributed by atoms with Gasteiger partial charge in [0.2, 0.25) is 0 Å². The highest BCUT2D eigenvalue weighted by atomic mass is 32.1. The molecule has 2 aliphatic heterocycles. The Morgan fingerprint density at radius 3 is 2.08 bits per heavy atom. The molecule has 0 atom stereocenters. The molecule has 6 heteroatoms. The third kappa shape index (κ3) is 4.87. The Hall–Kier alpha value is -1.82. The molecular weight excluding hydrogens is 346 g/mol. The number of anilines is 1. The predicted octanol–water partition coefficient (Wildman–Crippen LogP) is 3.51. The molecule has 2 fully saturated rings. The van der Waals surface area contributed by atoms with Crippen molar-refractivity contribution in [2.75, 3.05) is 31.1 Å². The van der Waals surface area contributed by atoms with E-state index in [1.165, 1.54) is 24.1 Å². The fraction of sp³-hybridized carbons (Fsp3) is 0.600. The van der Waals surface area contributed by atoms with Gasteiger partial charge in [0.05, 0.1) is 4.99 Å². The zero-order valence-electron chi connectivity index (χ0n) is 15.3. The van der Waals surface area contributed by atoms with Crippen molar-refractivity contribution < 1.29 is 9.90 Å². The molecule has 0 aliphatic carbocycles. The van der Waals surface area contributed by atoms with E-state index in [9.17, 15) is 4.79 Å². The summed E-state index contributed by atoms with van der Waals surface area (Å²) in [6.07, 6.45) is 5.37. The third-order valence-corrected chi connectivity index (χ3v) is 6.18. The minimum atomic E-state index is -0.769. The maximum atomic E-state index is 11.0. The lowest BCUT2D eigenvalue weighted by atomic mass is 9.79. The predicted molar refractivity (Wildman–Crippen MR) is 109 cm³/mol. The smallest absolute Gasteiger partial charge is 0.407 e. The highest BCUT2D eigenvalue weighted by molar-refractivity contribution is 7.80. The van der Waals surface area contributed by atoms with Crippen LogP contribution < -0.4 is 10.6 Å². The minimum absolute atomic E-state index is 0.574. The maximum absolute atomic E-state index is 11.0. The summed E-state index contributed by atoms with van der Waals surface area (Å²) >= 11 is 4.94. The van der Waals surface area contributed by atoms with Crippen LogP contribution in [0.2, 0.25) is 0 Å². The van der Waals surface area contributed by atoms with Crippen LogP contribution in [-0.2, 0) is 6.42 Å². The van der Waals surface area contributed by atoms with E-state index in [0.29, 0.717) is 24.0 Å². The molecule has 2 saturated heterocycles. The van der Waals surface area contributed by atoms with Gasteiger partial charge in [-0.15, -0.1) is 0 Å². The van der Waals surface area contributed by atoms with E-state index in [2.05, 4.69) is 29.2 Å². The number of carboxylic acid groups (broad SMARTS) is 1. The lowest BCUT2D eigenvalue weighted by molar-refractivity contribution is 0.107. The molecule has 3 rings (SSSR count). The second-order valence-electron chi connectivity index (χ2n) is 7.56. The van der Waals surface area contributed by atoms with E-state index in [0.717, 1.165) is 44.7 Å². The van der Waals surface area contributed by atoms with Gasteiger partial charge in [-0.1, -0.05) is 24.4 Å². The molecule has 0 radical (unpaired) electrons. The van der Waals surface area contributed by atoms with Crippen molar-refractivity contribution in [2.45, 2.75) is 38.5 Å². The Bertz CT molecular complexity index is 618. The van der Waals surface area contributed by atoms with Crippen molar-refractivity contribution in [3.05, 3.63) is 29.8 Å². The average molecular weight is 376 g/mol. The van der Waals surface area contributed by atoms with Gasteiger partial charge in [-0.3, -0.25) is 0 Å². The van der Waals surface area contributed by atoms with Gasteiger partial charge >= 0.3 is 6.09 Å². The van der Waals surface area contributed by atoms with Crippen molar-refractivity contribution in [3.8, 4) is 0 Å². The molecule has 0 saturated carbocycles. The van der Waals surface area contributed by atoms with E-state index >= 15 is 0 Å². The zero-order valence-corrected chi connectivity index (χ0v) is 16.1. The summed E-state index contributed by atoms with van der Waals surface area (Å²) in [6, 6.07) is 8.78. The Labute approximate surface area is 161 Å². The van der Waals surface area contributed by atoms with Crippen molar-refractivity contribution in [1.29, 1.82) is 0 Å². The quantitative estimate of drug-likeness (QED) is 0.771. The highest BCUT2D eigenvalue weighted by Crippen LogP contribution is 2.34. The minimum Gasteiger partial charge on any atom is -0.465 e. The summed E-state index contributed by atoms with van der Waals surface area (Å²) in [4.78, 5) is 15.6. The molecule has 2 aliphatic rings. The van der Waals surface area contributed by atoms with Gasteiger partial charge in [0.25, 0.3) is 0 Å². The summed E-state index contributed by atoms with van der Waals surface area (Å²) in [7, 11) is 0. The lowest BCUT2D eigenvalue weighted by Crippen LogP contribution is -2.42. The van der Waals surface area contributed by atoms with Crippen LogP contribution in [0, 0.1) is 11.8 Å². The molecule has 0 unspecified atom stereocenters. The molecule has 0 bridgehead atoms. The van der Waals surface area contributed by atoms with Crippen molar-refractivity contribution in [1.82, 2.24) is 4.90 Å². The number of piperidine rings is 2. The third-order valence-electron chi connectivity index (χ3n) is 5.98. The highest BCUT2D eigenvalue weighted by Gasteiger charge is 2.30. The Kier molecular flexibility index (Phi) is 6.35. The number of thiocarbonyl (C=S) groups is 1. The first-order chi connectivity index (χ1) is 12.5. The number of benzene rings is 1. The van der Waals surface area contributed by atoms with Crippen LogP contribution in [-0.4, -0.2) is 47.3 Å². The number of nitrogens with two attached hydrogens (primary N) is 1. The van der Waals surface area contributed by atoms with Gasteiger partial charge in [0.1, 0.15) is 0 Å². The van der Waals surface area contributed by atoms with E-state index in [-0.39, 0.29) is 0 Å². The Balaban J connectivity index is 1.46. The molecule has 26 heavy (non-hydrogen) atoms. The number of hydrogen-bond acceptors (Lipinski definition) is 3. The Morgan fingerprint density at radius 2 is 1.58 bits per heavy atom. The SMILES string of the molecule is NC(=S)CCc1ccc(N2CCC(C3CCN(C(=O)O)CC3)CC2)cc1. The topological polar surface area (TPSA) is 69.8 Å². The normalized spacial score (nSPS) is 19.5. The molecule has 142 valence electrons. The first kappa shape index (κ1) is 19.0. The largest absolute Gasteiger partial charge is 0.465 e. The molecule has 3 N–H and O–H groups in total. The second kappa shape index (κ2) is 8.71. The second-order valence-corrected chi connectivity index (χ2v) is 8.09. The van der Waals surface area contributed by atoms with Crippen LogP contribution in [0.25, 0.3) is 0 Å². The van der Waals surface area contributed by atoms with Crippen LogP contribution in [0.5, 0.6) is 0 Å². The molecular formula is C20H29N3O2S. The number of nitrogens with zero attached hydrogens (tertiary/aromatic N) is 2. The maximum Gasteiger partial charge on any atom is 0.407 e. The van der Waals surface area contributed by atoms with Crippen LogP contribution in [0.15, 0.2) is 24.3 Å². The number of aryl methyl sites for hydroxylation is 1. The molecule has 1 aromatic rings. The lowest BCUT2D eigenvalue weighted by Gasteiger charge is -2.40. The van der Waals surface area contributed by atoms with Crippen LogP contribution >= 0.6 is 12.2 Å². The van der Waals surface area contributed by atoms with Crippen molar-refractivity contribution >= 4 is 29.0 Å². The number of rotatable bonds is 5. The zero-order chi connectivity index (χ0) is 18.5. The van der Waals surface area contributed by atoms with Crippen LogP contribution in [0.4, 0.5) is 10.5 Å². The molecule has 1 aromatic carbocycles. The van der Waals surface area contributed by atoms with E-state index < -0.39 is 6.09 Å². The number of carbonyl (C=O) groups is 1. The van der Waals surface area contributed by atoms with Gasteiger partial charge < -0.3 is 20.6 Å². The monoisotopic (exact) mass is 375 g/mol. The summed E-state index contributed by atoms with van der Waals surface area (Å²) in [5, 5.41) is 9.08. The van der Waals surface area contributed by atoms with Gasteiger partial charge in [0.15, 0.2) is 0 Å². The van der Waals surface area contributed by atoms with Crippen molar-refractivity contribution in [2.24, 2.45) is 17.6 Å². The molecule has 0 spiro atoms. The van der Waals surface area contributed by atoms with Gasteiger partial charge in [-0.25, -0.2) is 4.79 Å². The average Bonchev–Trinajstić information content (AvgIpc) is 2.67. The first-order valence-electron chi connectivity index (χ1n) is 9.63. The molecule has 0 aromatic heterocycles. The van der Waals surface area contributed by atoms with Crippen molar-refractivity contribution in [3.63, 3.8) is 0 Å². The van der Waals surface area contributed by atoms with E-state index in [4.69, 9.17) is 23.1 Å². The standard InChI is InChI=1S/C20H29N3O2S/c21-19(26)6-3-15-1-4-18(5-2-15)22-11-7-16(8-12-22)17-9-13-23(14-10-17)20(24)25/h1-2,4-5,16-17H,3,6-14H2,(H2,21,26)(H,24,25).